The van der Waals surface area contributed by atoms with Gasteiger partial charge in [-0.25, -0.2) is 18.1 Å². The summed E-state index contributed by atoms with van der Waals surface area (Å²) < 4.78 is 1.42. The molecule has 3 heteroatoms. The Morgan fingerprint density at radius 1 is 0.731 bits per heavy atom. The molecular formula is C49H58Cl2Zr. The maximum Gasteiger partial charge on any atom is -0.147 e. The van der Waals surface area contributed by atoms with E-state index in [1.165, 1.54) is 73.7 Å². The summed E-state index contributed by atoms with van der Waals surface area (Å²) in [4.78, 5) is 0. The second-order valence-electron chi connectivity index (χ2n) is 16.8. The van der Waals surface area contributed by atoms with Gasteiger partial charge in [0.25, 0.3) is 0 Å². The van der Waals surface area contributed by atoms with Crippen LogP contribution in [0, 0.1) is 47.3 Å². The van der Waals surface area contributed by atoms with Gasteiger partial charge in [-0.05, 0) is 40.6 Å². The maximum absolute atomic E-state index is 2.62. The summed E-state index contributed by atoms with van der Waals surface area (Å²) in [5.74, 6) is 2.24. The standard InChI is InChI=1S/C29H37.C15H14.C5H5.2ClH.Zr/c1-18-25-22-17-19-13-9-10-14-20(19)24(22)21-15-11-12-16-23(21)29(25,8)28(6,7)27(4,5)26(18,2)3;1-12-3-7-14(8-4-12)11-15-9-5-13(2)6-10-15;1-2-4-5-3-1;;;/h9-11,13-15,23H,12,16-17H2,1-8H3;3-10H,1-2H3;1-5H;2*1H;/q-1;;-1;;;+2. The normalized spacial score (nSPS) is 22.5. The van der Waals surface area contributed by atoms with Crippen LogP contribution in [0.4, 0.5) is 0 Å². The van der Waals surface area contributed by atoms with E-state index in [0.717, 1.165) is 6.42 Å². The summed E-state index contributed by atoms with van der Waals surface area (Å²) in [5.41, 5.74) is 15.6. The zero-order chi connectivity index (χ0) is 36.1. The van der Waals surface area contributed by atoms with Crippen LogP contribution in [0.5, 0.6) is 0 Å². The Balaban J connectivity index is 0.000000221. The van der Waals surface area contributed by atoms with Crippen LogP contribution in [0.3, 0.4) is 0 Å². The number of rotatable bonds is 2. The van der Waals surface area contributed by atoms with Crippen molar-refractivity contribution in [2.24, 2.45) is 27.6 Å². The van der Waals surface area contributed by atoms with Gasteiger partial charge in [0, 0.05) is 0 Å². The van der Waals surface area contributed by atoms with Crippen LogP contribution in [0.15, 0.2) is 132 Å². The molecule has 0 heterocycles. The third kappa shape index (κ3) is 6.94. The van der Waals surface area contributed by atoms with Crippen molar-refractivity contribution in [1.29, 1.82) is 0 Å². The minimum atomic E-state index is 0. The molecule has 0 bridgehead atoms. The smallest absolute Gasteiger partial charge is 0.147 e. The fourth-order valence-corrected chi connectivity index (χ4v) is 10.3. The Morgan fingerprint density at radius 2 is 1.27 bits per heavy atom. The van der Waals surface area contributed by atoms with Crippen LogP contribution in [-0.2, 0) is 30.7 Å². The van der Waals surface area contributed by atoms with Gasteiger partial charge < -0.3 is 0 Å². The third-order valence-corrected chi connectivity index (χ3v) is 15.4. The van der Waals surface area contributed by atoms with Gasteiger partial charge in [-0.2, -0.15) is 29.3 Å². The average molecular weight is 809 g/mol. The number of fused-ring (bicyclic) bond motifs is 6. The molecule has 0 amide bonds. The quantitative estimate of drug-likeness (QED) is 0.177. The van der Waals surface area contributed by atoms with E-state index in [9.17, 15) is 0 Å². The molecule has 1 saturated carbocycles. The van der Waals surface area contributed by atoms with Crippen molar-refractivity contribution in [3.05, 3.63) is 171 Å². The molecular weight excluding hydrogens is 751 g/mol. The number of allylic oxidation sites excluding steroid dienone is 6. The van der Waals surface area contributed by atoms with Gasteiger partial charge in [0.2, 0.25) is 0 Å². The van der Waals surface area contributed by atoms with Crippen molar-refractivity contribution in [3.63, 3.8) is 0 Å². The summed E-state index contributed by atoms with van der Waals surface area (Å²) in [6.07, 6.45) is 8.50. The largest absolute Gasteiger partial charge is 0.214 e. The first-order valence-corrected chi connectivity index (χ1v) is 19.8. The zero-order valence-electron chi connectivity index (χ0n) is 33.0. The van der Waals surface area contributed by atoms with Crippen LogP contribution >= 0.6 is 24.8 Å². The molecule has 52 heavy (non-hydrogen) atoms. The van der Waals surface area contributed by atoms with Crippen LogP contribution < -0.4 is 0 Å². The van der Waals surface area contributed by atoms with Gasteiger partial charge in [-0.3, -0.25) is 0 Å². The fourth-order valence-electron chi connectivity index (χ4n) is 9.50. The molecule has 0 saturated heterocycles. The SMILES string of the molecule is C[C-]1C2=C3Cc4ccccc4C3=C3C=CCCC3C2(C)C(C)(C)C(C)(C)C1(C)C.Cc1ccc([C](=[Zr+2])c2ccc(C)cc2)cc1.Cl.Cl.c1cc[cH-]c1. The number of hydrogen-bond acceptors (Lipinski definition) is 0. The Kier molecular flexibility index (Phi) is 13.0. The fraction of sp³-hybridized carbons (Fsp3) is 0.367. The molecule has 4 aromatic carbocycles. The second kappa shape index (κ2) is 16.0. The van der Waals surface area contributed by atoms with E-state index in [1.807, 2.05) is 30.3 Å². The monoisotopic (exact) mass is 806 g/mol. The topological polar surface area (TPSA) is 0 Å². The molecule has 0 nitrogen and oxygen atoms in total. The van der Waals surface area contributed by atoms with Crippen molar-refractivity contribution in [2.75, 3.05) is 0 Å². The second-order valence-corrected chi connectivity index (χ2v) is 18.1. The Bertz CT molecular complexity index is 1880. The number of benzene rings is 3. The molecule has 8 rings (SSSR count). The predicted molar refractivity (Wildman–Crippen MR) is 226 cm³/mol. The van der Waals surface area contributed by atoms with Crippen molar-refractivity contribution in [1.82, 2.24) is 0 Å². The van der Waals surface area contributed by atoms with E-state index >= 15 is 0 Å². The minimum Gasteiger partial charge on any atom is -0.214 e. The molecule has 0 radical (unpaired) electrons. The van der Waals surface area contributed by atoms with Crippen molar-refractivity contribution in [3.8, 4) is 0 Å². The van der Waals surface area contributed by atoms with E-state index in [2.05, 4.69) is 154 Å². The van der Waals surface area contributed by atoms with E-state index in [1.54, 1.807) is 28.2 Å². The van der Waals surface area contributed by atoms with Gasteiger partial charge in [-0.1, -0.05) is 113 Å². The van der Waals surface area contributed by atoms with Crippen molar-refractivity contribution < 1.29 is 24.2 Å². The van der Waals surface area contributed by atoms with E-state index in [0.29, 0.717) is 5.92 Å². The molecule has 0 aliphatic heterocycles. The molecule has 4 aliphatic rings. The van der Waals surface area contributed by atoms with Gasteiger partial charge in [-0.15, -0.1) is 31.7 Å². The van der Waals surface area contributed by atoms with E-state index in [-0.39, 0.29) is 46.5 Å². The third-order valence-electron chi connectivity index (χ3n) is 14.0. The predicted octanol–water partition coefficient (Wildman–Crippen LogP) is 13.6. The zero-order valence-corrected chi connectivity index (χ0v) is 37.1. The summed E-state index contributed by atoms with van der Waals surface area (Å²) in [7, 11) is 0. The van der Waals surface area contributed by atoms with Crippen LogP contribution in [0.2, 0.25) is 0 Å². The van der Waals surface area contributed by atoms with E-state index < -0.39 is 0 Å². The molecule has 1 fully saturated rings. The Hall–Kier alpha value is -2.57. The molecule has 4 aromatic rings. The first-order chi connectivity index (χ1) is 23.6. The van der Waals surface area contributed by atoms with Crippen LogP contribution in [0.25, 0.3) is 5.57 Å². The summed E-state index contributed by atoms with van der Waals surface area (Å²) in [6, 6.07) is 36.7. The van der Waals surface area contributed by atoms with Gasteiger partial charge in [0.05, 0.1) is 0 Å². The van der Waals surface area contributed by atoms with Crippen LogP contribution in [0.1, 0.15) is 102 Å². The van der Waals surface area contributed by atoms with Crippen molar-refractivity contribution in [2.45, 2.75) is 88.5 Å². The number of hydrogen-bond donors (Lipinski definition) is 0. The number of halogens is 2. The molecule has 2 atom stereocenters. The molecule has 272 valence electrons. The Labute approximate surface area is 342 Å². The first kappa shape index (κ1) is 42.2. The molecule has 0 N–H and O–H groups in total. The van der Waals surface area contributed by atoms with Crippen molar-refractivity contribution >= 4 is 33.6 Å². The van der Waals surface area contributed by atoms with Gasteiger partial charge in [0.1, 0.15) is 0 Å². The molecule has 4 aliphatic carbocycles. The number of aryl methyl sites for hydroxylation is 2. The maximum atomic E-state index is 2.62. The molecule has 0 aromatic heterocycles. The van der Waals surface area contributed by atoms with Crippen LogP contribution in [-0.4, -0.2) is 3.21 Å². The summed E-state index contributed by atoms with van der Waals surface area (Å²) >= 11 is 1.46. The minimum absolute atomic E-state index is 0. The van der Waals surface area contributed by atoms with E-state index in [4.69, 9.17) is 0 Å². The first-order valence-electron chi connectivity index (χ1n) is 18.6. The van der Waals surface area contributed by atoms with Gasteiger partial charge >= 0.3 is 112 Å². The summed E-state index contributed by atoms with van der Waals surface area (Å²) in [5, 5.41) is 0. The Morgan fingerprint density at radius 3 is 1.79 bits per heavy atom. The molecule has 0 spiro atoms. The summed E-state index contributed by atoms with van der Waals surface area (Å²) in [6.45, 7) is 24.5. The molecule has 2 unspecified atom stereocenters. The van der Waals surface area contributed by atoms with Gasteiger partial charge in [0.15, 0.2) is 0 Å². The average Bonchev–Trinajstić information content (AvgIpc) is 3.81.